The number of aliphatic hydroxyl groups excluding tert-OH is 2. The molecule has 0 spiro atoms. The second-order valence-electron chi connectivity index (χ2n) is 15.3. The van der Waals surface area contributed by atoms with Crippen LogP contribution >= 0.6 is 0 Å². The Morgan fingerprint density at radius 2 is 0.452 bits per heavy atom. The van der Waals surface area contributed by atoms with E-state index in [4.69, 9.17) is 0 Å². The molecule has 4 rings (SSSR count). The molecule has 0 unspecified atom stereocenters. The fraction of sp³-hybridized carbons (Fsp3) is 0.304. The van der Waals surface area contributed by atoms with Crippen LogP contribution in [0.5, 0.6) is 0 Å². The first-order valence-corrected chi connectivity index (χ1v) is 20.4. The maximum absolute atomic E-state index is 11.4. The van der Waals surface area contributed by atoms with E-state index in [1.807, 2.05) is 0 Å². The van der Waals surface area contributed by atoms with Crippen LogP contribution in [0.4, 0.5) is 0 Å². The number of carboxylic acids is 8. The summed E-state index contributed by atoms with van der Waals surface area (Å²) >= 11 is 0. The van der Waals surface area contributed by atoms with Gasteiger partial charge in [-0.2, -0.15) is 0 Å². The van der Waals surface area contributed by atoms with E-state index in [0.717, 1.165) is 0 Å². The predicted octanol–water partition coefficient (Wildman–Crippen LogP) is -25.3. The maximum atomic E-state index is 11.4. The van der Waals surface area contributed by atoms with E-state index in [1.54, 1.807) is 24.3 Å². The van der Waals surface area contributed by atoms with Crippen LogP contribution in [0, 0.1) is 0 Å². The molecule has 0 heterocycles. The number of carboxylic acid groups (broad SMARTS) is 8. The van der Waals surface area contributed by atoms with Gasteiger partial charge in [-0.05, 0) is 34.4 Å². The molecule has 0 saturated heterocycles. The Kier molecular flexibility index (Phi) is 134. The van der Waals surface area contributed by atoms with Crippen molar-refractivity contribution in [1.82, 2.24) is 19.6 Å². The molecule has 0 aromatic heterocycles. The van der Waals surface area contributed by atoms with Crippen LogP contribution in [0.15, 0.2) is 97.1 Å². The minimum Gasteiger partial charge on any atom is -0.549 e. The van der Waals surface area contributed by atoms with Gasteiger partial charge in [0, 0.05) is 89.7 Å². The minimum atomic E-state index is -1.46. The Labute approximate surface area is 565 Å². The first kappa shape index (κ1) is 157. The maximum Gasteiger partial charge on any atom is 2.00 e. The molecule has 47 heteroatoms. The monoisotopic (exact) mass is 1540 g/mol. The average Bonchev–Trinajstić information content (AvgIpc) is 3.23. The van der Waals surface area contributed by atoms with Crippen molar-refractivity contribution in [2.24, 2.45) is 0 Å². The molecule has 0 saturated carbocycles. The molecule has 0 bridgehead atoms. The van der Waals surface area contributed by atoms with E-state index in [2.05, 4.69) is 0 Å². The van der Waals surface area contributed by atoms with Crippen LogP contribution < -0.4 is 30.6 Å². The number of rotatable bonds is 28. The van der Waals surface area contributed by atoms with Crippen LogP contribution in [0.25, 0.3) is 0 Å². The Balaban J connectivity index is -0.0000000395. The molecular formula is C46H100N4O40Zn3+10. The topological polar surface area (TPSA) is 1080 Å². The predicted molar refractivity (Wildman–Crippen MR) is 314 cm³/mol. The van der Waals surface area contributed by atoms with Gasteiger partial charge in [-0.3, -0.25) is 19.6 Å². The number of hydrogen-bond donors (Lipinski definition) is 4. The summed E-state index contributed by atoms with van der Waals surface area (Å²) in [4.78, 5) is 95.3. The molecule has 0 radical (unpaired) electrons. The second-order valence-corrected chi connectivity index (χ2v) is 15.3. The Hall–Kier alpha value is -6.61. The third kappa shape index (κ3) is 57.8. The van der Waals surface area contributed by atoms with Gasteiger partial charge in [-0.1, -0.05) is 84.9 Å². The fourth-order valence-corrected chi connectivity index (χ4v) is 7.19. The molecule has 540 valence electrons. The molecule has 0 fully saturated rings. The van der Waals surface area contributed by atoms with E-state index in [1.165, 1.54) is 92.4 Å². The molecule has 93 heavy (non-hydrogen) atoms. The molecular weight excluding hydrogens is 1440 g/mol. The zero-order valence-electron chi connectivity index (χ0n) is 50.1. The van der Waals surface area contributed by atoms with Crippen molar-refractivity contribution in [3.8, 4) is 0 Å². The summed E-state index contributed by atoms with van der Waals surface area (Å²) in [6, 6.07) is 23.6. The van der Waals surface area contributed by atoms with Crippen molar-refractivity contribution in [2.75, 3.05) is 52.4 Å². The van der Waals surface area contributed by atoms with Gasteiger partial charge in [0.05, 0.1) is 59.2 Å². The van der Waals surface area contributed by atoms with Gasteiger partial charge in [-0.15, -0.1) is 0 Å². The fourth-order valence-electron chi connectivity index (χ4n) is 7.19. The largest absolute Gasteiger partial charge is 2.00 e. The number of aromatic carboxylic acids is 4. The van der Waals surface area contributed by atoms with Gasteiger partial charge in [0.25, 0.3) is 0 Å². The standard InChI is InChI=1S/2C23H26N2O9.22H2O.3Zn/c2*26-17(11-24(13-20(27)28)9-15-5-1-3-7-18(15)22(31)32)12-25(14-21(29)30)10-16-6-2-4-8-19(16)23(33)34;;;;;;;;;;;;;;;;;;;;;;;;;/h2*1-8,17,26H,9-14H2,(H,27,28)(H,29,30)(H,31,32)(H,33,34);22*1H2;;;/q;;;;;;;;;;;;;;;;;;;;;;;;3*+2/p+4. The van der Waals surface area contributed by atoms with Gasteiger partial charge in [0.15, 0.2) is 0 Å². The number of nitrogens with zero attached hydrogens (tertiary/aromatic N) is 4. The van der Waals surface area contributed by atoms with Gasteiger partial charge < -0.3 is 200 Å². The summed E-state index contributed by atoms with van der Waals surface area (Å²) in [5, 5.41) is 107. The molecule has 0 aliphatic heterocycles. The van der Waals surface area contributed by atoms with E-state index >= 15 is 0 Å². The summed E-state index contributed by atoms with van der Waals surface area (Å²) in [7, 11) is 0. The third-order valence-electron chi connectivity index (χ3n) is 9.83. The van der Waals surface area contributed by atoms with Crippen LogP contribution in [0.3, 0.4) is 0 Å². The second kappa shape index (κ2) is 79.6. The number of benzene rings is 4. The Morgan fingerprint density at radius 3 is 0.602 bits per heavy atom. The van der Waals surface area contributed by atoms with Crippen molar-refractivity contribution >= 4 is 47.8 Å². The molecule has 4 aromatic rings. The normalized spacial score (nSPS) is 8.75. The summed E-state index contributed by atoms with van der Waals surface area (Å²) in [6.07, 6.45) is -2.54. The van der Waals surface area contributed by atoms with Crippen molar-refractivity contribution in [3.63, 3.8) is 0 Å². The van der Waals surface area contributed by atoms with Gasteiger partial charge in [0.1, 0.15) is 0 Å². The van der Waals surface area contributed by atoms with Gasteiger partial charge in [-0.25, -0.2) is 9.59 Å². The number of carbonyl (C=O) groups excluding carboxylic acids is 6. The van der Waals surface area contributed by atoms with Crippen LogP contribution in [0.1, 0.15) is 63.7 Å². The number of aliphatic carboxylic acids is 4. The summed E-state index contributed by atoms with van der Waals surface area (Å²) in [5.74, 6) is -11.1. The molecule has 0 aliphatic rings. The Morgan fingerprint density at radius 1 is 0.301 bits per heavy atom. The molecule has 4 aromatic carbocycles. The zero-order valence-corrected chi connectivity index (χ0v) is 59.0. The van der Waals surface area contributed by atoms with Crippen molar-refractivity contribution in [1.29, 1.82) is 0 Å². The van der Waals surface area contributed by atoms with Crippen LogP contribution in [-0.2, 0) is 159 Å². The molecule has 58 N–H and O–H groups in total. The number of carbonyl (C=O) groups is 8. The average molecular weight is 1550 g/mol. The third-order valence-corrected chi connectivity index (χ3v) is 9.83. The molecule has 0 amide bonds. The first-order valence-electron chi connectivity index (χ1n) is 20.4. The van der Waals surface area contributed by atoms with Crippen LogP contribution in [0.2, 0.25) is 0 Å². The Bertz CT molecular complexity index is 2130. The van der Waals surface area contributed by atoms with E-state index in [9.17, 15) is 89.4 Å². The van der Waals surface area contributed by atoms with Crippen molar-refractivity contribution in [3.05, 3.63) is 142 Å². The molecule has 44 nitrogen and oxygen atoms in total. The SMILES string of the molecule is O.O.O.O.O.O.O.O.O.O.O.O.O=C([O-])CN(Cc1ccccc1C(=O)[O-])C[C@@H](O)CN(CC(=O)[O-])Cc1ccccc1C(=O)O.O=C([O-])CN(Cc1ccccc1C(=O)[O-])C[C@H](O)CN(CC(=O)[O-])Cc1ccccc1C(=O)O.[OH3+].[OH3+].[OH3+].[OH3+].[OH3+].[OH3+].[OH3+].[OH3+].[OH3+].[OH3+].[Zn+2].[Zn+2].[Zn+2]. The summed E-state index contributed by atoms with van der Waals surface area (Å²) < 4.78 is 0. The molecule has 2 atom stereocenters. The van der Waals surface area contributed by atoms with E-state index < -0.39 is 86.1 Å². The minimum absolute atomic E-state index is 0. The zero-order chi connectivity index (χ0) is 50.5. The summed E-state index contributed by atoms with van der Waals surface area (Å²) in [5.41, 5.74) is 0.829. The number of aliphatic hydroxyl groups is 2. The van der Waals surface area contributed by atoms with E-state index in [-0.39, 0.29) is 265 Å². The quantitative estimate of drug-likeness (QED) is 0.0303. The van der Waals surface area contributed by atoms with Gasteiger partial charge >= 0.3 is 70.4 Å². The van der Waals surface area contributed by atoms with Crippen molar-refractivity contribution < 1.29 is 268 Å². The summed E-state index contributed by atoms with van der Waals surface area (Å²) in [6.45, 7) is -4.07. The first-order chi connectivity index (χ1) is 32.1. The smallest absolute Gasteiger partial charge is 0.549 e. The van der Waals surface area contributed by atoms with E-state index in [0.29, 0.717) is 11.1 Å². The number of hydrogen-bond acceptors (Lipinski definition) is 20. The molecule has 0 aliphatic carbocycles. The van der Waals surface area contributed by atoms with Gasteiger partial charge in [0.2, 0.25) is 0 Å². The van der Waals surface area contributed by atoms with Crippen LogP contribution in [-0.4, -0.2) is 218 Å². The van der Waals surface area contributed by atoms with Crippen molar-refractivity contribution in [2.45, 2.75) is 38.4 Å².